The summed E-state index contributed by atoms with van der Waals surface area (Å²) in [6.45, 7) is 3.85. The van der Waals surface area contributed by atoms with Gasteiger partial charge in [-0.1, -0.05) is 0 Å². The Labute approximate surface area is 144 Å². The second-order valence-electron chi connectivity index (χ2n) is 5.51. The summed E-state index contributed by atoms with van der Waals surface area (Å²) in [4.78, 5) is 14.2. The number of nitrogens with one attached hydrogen (secondary N) is 1. The molecule has 3 rings (SSSR count). The highest BCUT2D eigenvalue weighted by atomic mass is 32.1. The van der Waals surface area contributed by atoms with Gasteiger partial charge in [0.2, 0.25) is 0 Å². The second kappa shape index (κ2) is 6.16. The summed E-state index contributed by atoms with van der Waals surface area (Å²) in [6, 6.07) is 5.49. The van der Waals surface area contributed by atoms with Gasteiger partial charge in [0.15, 0.2) is 11.5 Å². The third-order valence-corrected chi connectivity index (χ3v) is 5.10. The van der Waals surface area contributed by atoms with Gasteiger partial charge in [0.05, 0.1) is 24.8 Å². The highest BCUT2D eigenvalue weighted by molar-refractivity contribution is 7.20. The fourth-order valence-electron chi connectivity index (χ4n) is 2.62. The van der Waals surface area contributed by atoms with E-state index in [9.17, 15) is 4.79 Å². The molecular weight excluding hydrogens is 326 g/mol. The Morgan fingerprint density at radius 2 is 1.83 bits per heavy atom. The molecule has 0 saturated heterocycles. The number of carbonyl (C=O) groups is 1. The largest absolute Gasteiger partial charge is 0.493 e. The van der Waals surface area contributed by atoms with E-state index in [1.807, 2.05) is 33.0 Å². The molecule has 6 nitrogen and oxygen atoms in total. The number of methoxy groups -OCH3 is 2. The van der Waals surface area contributed by atoms with E-state index in [0.29, 0.717) is 22.1 Å². The molecule has 0 spiro atoms. The van der Waals surface area contributed by atoms with Gasteiger partial charge in [-0.05, 0) is 31.5 Å². The zero-order chi connectivity index (χ0) is 17.4. The van der Waals surface area contributed by atoms with Crippen LogP contribution in [0.3, 0.4) is 0 Å². The lowest BCUT2D eigenvalue weighted by Gasteiger charge is -2.13. The Bertz CT molecular complexity index is 892. The van der Waals surface area contributed by atoms with Gasteiger partial charge < -0.3 is 14.8 Å². The summed E-state index contributed by atoms with van der Waals surface area (Å²) in [6.07, 6.45) is 0. The number of aromatic nitrogens is 2. The predicted molar refractivity (Wildman–Crippen MR) is 95.6 cm³/mol. The van der Waals surface area contributed by atoms with Gasteiger partial charge in [-0.25, -0.2) is 0 Å². The van der Waals surface area contributed by atoms with Crippen LogP contribution in [0, 0.1) is 13.8 Å². The van der Waals surface area contributed by atoms with Crippen molar-refractivity contribution in [3.8, 4) is 11.5 Å². The zero-order valence-corrected chi connectivity index (χ0v) is 15.1. The van der Waals surface area contributed by atoms with Crippen molar-refractivity contribution in [3.05, 3.63) is 34.3 Å². The highest BCUT2D eigenvalue weighted by Crippen LogP contribution is 2.34. The van der Waals surface area contributed by atoms with E-state index < -0.39 is 0 Å². The van der Waals surface area contributed by atoms with Crippen LogP contribution in [-0.4, -0.2) is 29.9 Å². The van der Waals surface area contributed by atoms with E-state index in [0.717, 1.165) is 21.5 Å². The Morgan fingerprint density at radius 3 is 2.46 bits per heavy atom. The quantitative estimate of drug-likeness (QED) is 0.786. The van der Waals surface area contributed by atoms with E-state index in [1.165, 1.54) is 11.3 Å². The van der Waals surface area contributed by atoms with Crippen LogP contribution in [-0.2, 0) is 7.05 Å². The van der Waals surface area contributed by atoms with E-state index >= 15 is 0 Å². The Hall–Kier alpha value is -2.54. The summed E-state index contributed by atoms with van der Waals surface area (Å²) < 4.78 is 12.4. The Balaban J connectivity index is 1.92. The fourth-order valence-corrected chi connectivity index (χ4v) is 3.63. The smallest absolute Gasteiger partial charge is 0.265 e. The summed E-state index contributed by atoms with van der Waals surface area (Å²) >= 11 is 1.43. The molecule has 0 aliphatic heterocycles. The average molecular weight is 345 g/mol. The van der Waals surface area contributed by atoms with Crippen molar-refractivity contribution in [2.45, 2.75) is 13.8 Å². The minimum absolute atomic E-state index is 0.147. The number of hydrogen-bond acceptors (Lipinski definition) is 5. The lowest BCUT2D eigenvalue weighted by Crippen LogP contribution is -2.11. The van der Waals surface area contributed by atoms with E-state index in [1.54, 1.807) is 25.0 Å². The maximum atomic E-state index is 12.6. The standard InChI is InChI=1S/C17H19N3O3S/c1-9-6-13(22-4)14(23-5)8-12(9)18-16(21)15-7-11-10(2)19-20(3)17(11)24-15/h6-8H,1-5H3,(H,18,21). The molecule has 126 valence electrons. The Kier molecular flexibility index (Phi) is 4.19. The van der Waals surface area contributed by atoms with Crippen molar-refractivity contribution in [1.29, 1.82) is 0 Å². The molecule has 0 radical (unpaired) electrons. The number of benzene rings is 1. The molecule has 0 unspecified atom stereocenters. The second-order valence-corrected chi connectivity index (χ2v) is 6.55. The molecular formula is C17H19N3O3S. The predicted octanol–water partition coefficient (Wildman–Crippen LogP) is 3.52. The van der Waals surface area contributed by atoms with Crippen LogP contribution in [0.4, 0.5) is 5.69 Å². The molecule has 2 heterocycles. The van der Waals surface area contributed by atoms with Gasteiger partial charge >= 0.3 is 0 Å². The minimum Gasteiger partial charge on any atom is -0.493 e. The first-order chi connectivity index (χ1) is 11.4. The molecule has 24 heavy (non-hydrogen) atoms. The normalized spacial score (nSPS) is 10.9. The van der Waals surface area contributed by atoms with Gasteiger partial charge in [0, 0.05) is 24.2 Å². The maximum Gasteiger partial charge on any atom is 0.265 e. The molecule has 3 aromatic rings. The minimum atomic E-state index is -0.147. The molecule has 0 aliphatic carbocycles. The maximum absolute atomic E-state index is 12.6. The molecule has 0 aliphatic rings. The van der Waals surface area contributed by atoms with Crippen molar-refractivity contribution in [1.82, 2.24) is 9.78 Å². The van der Waals surface area contributed by atoms with Crippen LogP contribution in [0.15, 0.2) is 18.2 Å². The molecule has 1 aromatic carbocycles. The number of thiophene rings is 1. The summed E-state index contributed by atoms with van der Waals surface area (Å²) in [5.41, 5.74) is 2.52. The molecule has 0 atom stereocenters. The lowest BCUT2D eigenvalue weighted by atomic mass is 10.1. The van der Waals surface area contributed by atoms with Crippen molar-refractivity contribution in [3.63, 3.8) is 0 Å². The average Bonchev–Trinajstić information content (AvgIpc) is 3.11. The number of anilines is 1. The monoisotopic (exact) mass is 345 g/mol. The highest BCUT2D eigenvalue weighted by Gasteiger charge is 2.17. The van der Waals surface area contributed by atoms with E-state index in [4.69, 9.17) is 9.47 Å². The van der Waals surface area contributed by atoms with Crippen LogP contribution in [0.25, 0.3) is 10.2 Å². The third kappa shape index (κ3) is 2.71. The van der Waals surface area contributed by atoms with Gasteiger partial charge in [-0.15, -0.1) is 11.3 Å². The number of aryl methyl sites for hydroxylation is 3. The van der Waals surface area contributed by atoms with Crippen LogP contribution in [0.5, 0.6) is 11.5 Å². The lowest BCUT2D eigenvalue weighted by molar-refractivity contribution is 0.103. The number of amides is 1. The molecule has 1 N–H and O–H groups in total. The molecule has 1 amide bonds. The van der Waals surface area contributed by atoms with Crippen LogP contribution in [0.1, 0.15) is 20.9 Å². The molecule has 2 aromatic heterocycles. The van der Waals surface area contributed by atoms with Crippen LogP contribution < -0.4 is 14.8 Å². The van der Waals surface area contributed by atoms with Crippen molar-refractivity contribution in [2.24, 2.45) is 7.05 Å². The molecule has 0 bridgehead atoms. The zero-order valence-electron chi connectivity index (χ0n) is 14.3. The number of rotatable bonds is 4. The van der Waals surface area contributed by atoms with E-state index in [-0.39, 0.29) is 5.91 Å². The third-order valence-electron chi connectivity index (χ3n) is 3.90. The van der Waals surface area contributed by atoms with Crippen molar-refractivity contribution >= 4 is 33.1 Å². The van der Waals surface area contributed by atoms with Gasteiger partial charge in [-0.2, -0.15) is 5.10 Å². The fraction of sp³-hybridized carbons (Fsp3) is 0.294. The number of fused-ring (bicyclic) bond motifs is 1. The van der Waals surface area contributed by atoms with Crippen LogP contribution >= 0.6 is 11.3 Å². The van der Waals surface area contributed by atoms with Crippen molar-refractivity contribution < 1.29 is 14.3 Å². The number of ether oxygens (including phenoxy) is 2. The summed E-state index contributed by atoms with van der Waals surface area (Å²) in [7, 11) is 5.04. The summed E-state index contributed by atoms with van der Waals surface area (Å²) in [5, 5.41) is 8.31. The molecule has 7 heteroatoms. The summed E-state index contributed by atoms with van der Waals surface area (Å²) in [5.74, 6) is 1.07. The number of hydrogen-bond donors (Lipinski definition) is 1. The first-order valence-corrected chi connectivity index (χ1v) is 8.23. The van der Waals surface area contributed by atoms with Crippen LogP contribution in [0.2, 0.25) is 0 Å². The number of carbonyl (C=O) groups excluding carboxylic acids is 1. The van der Waals surface area contributed by atoms with Crippen molar-refractivity contribution in [2.75, 3.05) is 19.5 Å². The molecule has 0 fully saturated rings. The first kappa shape index (κ1) is 16.3. The topological polar surface area (TPSA) is 65.4 Å². The van der Waals surface area contributed by atoms with Gasteiger partial charge in [0.25, 0.3) is 5.91 Å². The molecule has 0 saturated carbocycles. The number of nitrogens with zero attached hydrogens (tertiary/aromatic N) is 2. The van der Waals surface area contributed by atoms with Gasteiger partial charge in [0.1, 0.15) is 4.83 Å². The van der Waals surface area contributed by atoms with E-state index in [2.05, 4.69) is 10.4 Å². The first-order valence-electron chi connectivity index (χ1n) is 7.41. The van der Waals surface area contributed by atoms with Gasteiger partial charge in [-0.3, -0.25) is 9.48 Å². The SMILES string of the molecule is COc1cc(C)c(NC(=O)c2cc3c(C)nn(C)c3s2)cc1OC. The Morgan fingerprint density at radius 1 is 1.17 bits per heavy atom.